The van der Waals surface area contributed by atoms with Gasteiger partial charge in [-0.25, -0.2) is 4.39 Å². The summed E-state index contributed by atoms with van der Waals surface area (Å²) >= 11 is 5.61. The number of nitrogens with two attached hydrogens (primary N) is 1. The Morgan fingerprint density at radius 2 is 2.14 bits per heavy atom. The molecule has 0 saturated heterocycles. The molecule has 1 unspecified atom stereocenters. The van der Waals surface area contributed by atoms with Gasteiger partial charge in [0.15, 0.2) is 0 Å². The molecule has 1 aromatic rings. The Morgan fingerprint density at radius 3 is 2.57 bits per heavy atom. The Morgan fingerprint density at radius 1 is 1.50 bits per heavy atom. The average molecular weight is 216 g/mol. The van der Waals surface area contributed by atoms with Gasteiger partial charge in [0.1, 0.15) is 5.82 Å². The zero-order chi connectivity index (χ0) is 10.8. The molecular weight excluding hydrogens is 201 g/mol. The number of hydrogen-bond donors (Lipinski definition) is 1. The van der Waals surface area contributed by atoms with Gasteiger partial charge in [0.2, 0.25) is 0 Å². The molecule has 0 heterocycles. The van der Waals surface area contributed by atoms with Gasteiger partial charge in [-0.2, -0.15) is 0 Å². The van der Waals surface area contributed by atoms with Gasteiger partial charge in [0.25, 0.3) is 0 Å². The first-order chi connectivity index (χ1) is 6.53. The third-order valence-corrected chi connectivity index (χ3v) is 3.15. The molecule has 0 aliphatic carbocycles. The standard InChI is InChI=1S/C11H15ClFN/c1-3-11(2,7-14)8-4-5-9(12)10(13)6-8/h4-6H,3,7,14H2,1-2H3. The van der Waals surface area contributed by atoms with Crippen LogP contribution in [0.2, 0.25) is 5.02 Å². The minimum atomic E-state index is -0.378. The van der Waals surface area contributed by atoms with Crippen LogP contribution >= 0.6 is 11.6 Å². The molecule has 0 aliphatic rings. The van der Waals surface area contributed by atoms with Crippen LogP contribution in [0.1, 0.15) is 25.8 Å². The van der Waals surface area contributed by atoms with E-state index in [0.29, 0.717) is 6.54 Å². The van der Waals surface area contributed by atoms with Crippen LogP contribution in [0.25, 0.3) is 0 Å². The first kappa shape index (κ1) is 11.5. The van der Waals surface area contributed by atoms with Crippen molar-refractivity contribution in [2.24, 2.45) is 5.73 Å². The first-order valence-corrected chi connectivity index (χ1v) is 5.07. The Balaban J connectivity index is 3.12. The summed E-state index contributed by atoms with van der Waals surface area (Å²) in [7, 11) is 0. The van der Waals surface area contributed by atoms with Crippen molar-refractivity contribution in [1.29, 1.82) is 0 Å². The molecule has 0 aromatic heterocycles. The minimum absolute atomic E-state index is 0.157. The van der Waals surface area contributed by atoms with E-state index in [1.165, 1.54) is 6.07 Å². The molecule has 0 saturated carbocycles. The van der Waals surface area contributed by atoms with Gasteiger partial charge in [0.05, 0.1) is 5.02 Å². The van der Waals surface area contributed by atoms with Crippen molar-refractivity contribution >= 4 is 11.6 Å². The van der Waals surface area contributed by atoms with Crippen molar-refractivity contribution in [1.82, 2.24) is 0 Å². The van der Waals surface area contributed by atoms with Crippen molar-refractivity contribution in [3.05, 3.63) is 34.6 Å². The minimum Gasteiger partial charge on any atom is -0.330 e. The van der Waals surface area contributed by atoms with E-state index in [0.717, 1.165) is 12.0 Å². The lowest BCUT2D eigenvalue weighted by atomic mass is 9.80. The van der Waals surface area contributed by atoms with Crippen molar-refractivity contribution < 1.29 is 4.39 Å². The molecule has 1 aromatic carbocycles. The van der Waals surface area contributed by atoms with E-state index in [1.54, 1.807) is 6.07 Å². The number of benzene rings is 1. The molecule has 0 bridgehead atoms. The summed E-state index contributed by atoms with van der Waals surface area (Å²) in [6.45, 7) is 4.57. The van der Waals surface area contributed by atoms with Crippen molar-refractivity contribution in [3.63, 3.8) is 0 Å². The second kappa shape index (κ2) is 4.28. The van der Waals surface area contributed by atoms with E-state index in [4.69, 9.17) is 17.3 Å². The van der Waals surface area contributed by atoms with Crippen LogP contribution in [-0.2, 0) is 5.41 Å². The van der Waals surface area contributed by atoms with Crippen LogP contribution in [0, 0.1) is 5.82 Å². The molecule has 0 amide bonds. The highest BCUT2D eigenvalue weighted by molar-refractivity contribution is 6.30. The lowest BCUT2D eigenvalue weighted by molar-refractivity contribution is 0.463. The molecule has 0 aliphatic heterocycles. The van der Waals surface area contributed by atoms with Crippen molar-refractivity contribution in [2.45, 2.75) is 25.7 Å². The summed E-state index contributed by atoms with van der Waals surface area (Å²) in [6, 6.07) is 4.89. The van der Waals surface area contributed by atoms with Crippen molar-refractivity contribution in [3.8, 4) is 0 Å². The van der Waals surface area contributed by atoms with Gasteiger partial charge in [-0.15, -0.1) is 0 Å². The molecule has 0 fully saturated rings. The number of halogens is 2. The lowest BCUT2D eigenvalue weighted by Crippen LogP contribution is -2.31. The molecular formula is C11H15ClFN. The fraction of sp³-hybridized carbons (Fsp3) is 0.455. The summed E-state index contributed by atoms with van der Waals surface area (Å²) in [4.78, 5) is 0. The second-order valence-corrected chi connectivity index (χ2v) is 4.15. The Labute approximate surface area is 89.1 Å². The second-order valence-electron chi connectivity index (χ2n) is 3.75. The zero-order valence-corrected chi connectivity index (χ0v) is 9.24. The van der Waals surface area contributed by atoms with Crippen LogP contribution in [-0.4, -0.2) is 6.54 Å². The quantitative estimate of drug-likeness (QED) is 0.824. The van der Waals surface area contributed by atoms with Crippen LogP contribution in [0.4, 0.5) is 4.39 Å². The maximum absolute atomic E-state index is 13.2. The van der Waals surface area contributed by atoms with E-state index >= 15 is 0 Å². The van der Waals surface area contributed by atoms with Gasteiger partial charge in [-0.1, -0.05) is 31.5 Å². The normalized spacial score (nSPS) is 15.2. The maximum atomic E-state index is 13.2. The monoisotopic (exact) mass is 215 g/mol. The zero-order valence-electron chi connectivity index (χ0n) is 8.48. The van der Waals surface area contributed by atoms with E-state index in [1.807, 2.05) is 19.9 Å². The van der Waals surface area contributed by atoms with Crippen molar-refractivity contribution in [2.75, 3.05) is 6.54 Å². The summed E-state index contributed by atoms with van der Waals surface area (Å²) in [6.07, 6.45) is 0.880. The van der Waals surface area contributed by atoms with Crippen LogP contribution in [0.15, 0.2) is 18.2 Å². The van der Waals surface area contributed by atoms with Gasteiger partial charge in [-0.05, 0) is 24.1 Å². The summed E-state index contributed by atoms with van der Waals surface area (Å²) in [5, 5.41) is 0.157. The fourth-order valence-electron chi connectivity index (χ4n) is 1.34. The smallest absolute Gasteiger partial charge is 0.142 e. The average Bonchev–Trinajstić information content (AvgIpc) is 2.21. The summed E-state index contributed by atoms with van der Waals surface area (Å²) < 4.78 is 13.2. The highest BCUT2D eigenvalue weighted by Crippen LogP contribution is 2.28. The van der Waals surface area contributed by atoms with Crippen LogP contribution in [0.3, 0.4) is 0 Å². The highest BCUT2D eigenvalue weighted by Gasteiger charge is 2.23. The number of rotatable bonds is 3. The molecule has 1 atom stereocenters. The first-order valence-electron chi connectivity index (χ1n) is 4.69. The fourth-order valence-corrected chi connectivity index (χ4v) is 1.46. The van der Waals surface area contributed by atoms with Gasteiger partial charge in [0, 0.05) is 12.0 Å². The van der Waals surface area contributed by atoms with Gasteiger partial charge < -0.3 is 5.73 Å². The molecule has 3 heteroatoms. The van der Waals surface area contributed by atoms with Gasteiger partial charge in [-0.3, -0.25) is 0 Å². The van der Waals surface area contributed by atoms with E-state index in [9.17, 15) is 4.39 Å². The van der Waals surface area contributed by atoms with Gasteiger partial charge >= 0.3 is 0 Å². The Hall–Kier alpha value is -0.600. The maximum Gasteiger partial charge on any atom is 0.142 e. The third-order valence-electron chi connectivity index (χ3n) is 2.85. The predicted octanol–water partition coefficient (Wildman–Crippen LogP) is 3.11. The summed E-state index contributed by atoms with van der Waals surface area (Å²) in [5.74, 6) is -0.378. The highest BCUT2D eigenvalue weighted by atomic mass is 35.5. The predicted molar refractivity (Wildman–Crippen MR) is 58.1 cm³/mol. The largest absolute Gasteiger partial charge is 0.330 e. The van der Waals surface area contributed by atoms with E-state index in [-0.39, 0.29) is 16.3 Å². The SMILES string of the molecule is CCC(C)(CN)c1ccc(Cl)c(F)c1. The lowest BCUT2D eigenvalue weighted by Gasteiger charge is -2.27. The molecule has 78 valence electrons. The molecule has 0 spiro atoms. The molecule has 2 N–H and O–H groups in total. The summed E-state index contributed by atoms with van der Waals surface area (Å²) in [5.41, 5.74) is 6.43. The molecule has 1 rings (SSSR count). The van der Waals surface area contributed by atoms with E-state index in [2.05, 4.69) is 0 Å². The molecule has 1 nitrogen and oxygen atoms in total. The molecule has 0 radical (unpaired) electrons. The number of hydrogen-bond acceptors (Lipinski definition) is 1. The van der Waals surface area contributed by atoms with Crippen LogP contribution < -0.4 is 5.73 Å². The van der Waals surface area contributed by atoms with Crippen LogP contribution in [0.5, 0.6) is 0 Å². The Kier molecular flexibility index (Phi) is 3.51. The third kappa shape index (κ3) is 2.07. The Bertz CT molecular complexity index is 321. The topological polar surface area (TPSA) is 26.0 Å². The molecule has 14 heavy (non-hydrogen) atoms. The van der Waals surface area contributed by atoms with E-state index < -0.39 is 0 Å².